The molecule has 0 fully saturated rings. The topological polar surface area (TPSA) is 83.8 Å². The molecule has 0 aliphatic rings. The molecule has 5 nitrogen and oxygen atoms in total. The van der Waals surface area contributed by atoms with Crippen molar-refractivity contribution in [2.24, 2.45) is 5.84 Å². The summed E-state index contributed by atoms with van der Waals surface area (Å²) < 4.78 is 0.349. The summed E-state index contributed by atoms with van der Waals surface area (Å²) in [7, 11) is 0. The minimum absolute atomic E-state index is 0.299. The van der Waals surface area contributed by atoms with Crippen LogP contribution in [0.5, 0.6) is 0 Å². The second kappa shape index (κ2) is 3.22. The zero-order chi connectivity index (χ0) is 8.27. The highest BCUT2D eigenvalue weighted by Crippen LogP contribution is 1.91. The standard InChI is InChI=1S/C5H6N4OS/c6-9-5(10)3-1-4(11)8-2-7-3/h1-2H,6H2,(H,9,10)(H,7,8,11). The molecule has 1 aromatic rings. The molecule has 0 saturated heterocycles. The van der Waals surface area contributed by atoms with E-state index in [0.717, 1.165) is 0 Å². The van der Waals surface area contributed by atoms with Crippen molar-refractivity contribution in [2.45, 2.75) is 0 Å². The van der Waals surface area contributed by atoms with Crippen molar-refractivity contribution in [3.05, 3.63) is 22.7 Å². The van der Waals surface area contributed by atoms with Gasteiger partial charge in [-0.25, -0.2) is 10.8 Å². The number of nitrogens with two attached hydrogens (primary N) is 1. The van der Waals surface area contributed by atoms with E-state index in [0.29, 0.717) is 10.3 Å². The summed E-state index contributed by atoms with van der Waals surface area (Å²) in [5.41, 5.74) is 2.26. The molecule has 1 amide bonds. The maximum Gasteiger partial charge on any atom is 0.281 e. The Hall–Kier alpha value is -1.27. The highest BCUT2D eigenvalue weighted by molar-refractivity contribution is 7.71. The van der Waals surface area contributed by atoms with Gasteiger partial charge in [0.2, 0.25) is 0 Å². The lowest BCUT2D eigenvalue weighted by Gasteiger charge is -1.96. The Morgan fingerprint density at radius 1 is 1.82 bits per heavy atom. The molecule has 58 valence electrons. The zero-order valence-electron chi connectivity index (χ0n) is 5.50. The number of H-pyrrole nitrogens is 1. The predicted molar refractivity (Wildman–Crippen MR) is 41.1 cm³/mol. The molecule has 0 spiro atoms. The van der Waals surface area contributed by atoms with Crippen LogP contribution in [0.2, 0.25) is 0 Å². The van der Waals surface area contributed by atoms with Crippen LogP contribution in [0.3, 0.4) is 0 Å². The fourth-order valence-electron chi connectivity index (χ4n) is 0.577. The number of nitrogens with zero attached hydrogens (tertiary/aromatic N) is 1. The van der Waals surface area contributed by atoms with E-state index in [1.165, 1.54) is 12.4 Å². The van der Waals surface area contributed by atoms with Gasteiger partial charge in [0.25, 0.3) is 5.91 Å². The lowest BCUT2D eigenvalue weighted by Crippen LogP contribution is -2.30. The quantitative estimate of drug-likeness (QED) is 0.235. The number of rotatable bonds is 1. The van der Waals surface area contributed by atoms with E-state index >= 15 is 0 Å². The van der Waals surface area contributed by atoms with Gasteiger partial charge < -0.3 is 4.98 Å². The summed E-state index contributed by atoms with van der Waals surface area (Å²) >= 11 is 4.71. The van der Waals surface area contributed by atoms with Gasteiger partial charge in [0.05, 0.1) is 6.33 Å². The number of carbonyl (C=O) groups is 1. The van der Waals surface area contributed by atoms with Crippen molar-refractivity contribution >= 4 is 18.1 Å². The van der Waals surface area contributed by atoms with Crippen LogP contribution in [0.4, 0.5) is 0 Å². The zero-order valence-corrected chi connectivity index (χ0v) is 6.31. The number of amides is 1. The first-order valence-corrected chi connectivity index (χ1v) is 3.20. The van der Waals surface area contributed by atoms with Gasteiger partial charge in [0.1, 0.15) is 10.3 Å². The number of aromatic nitrogens is 2. The van der Waals surface area contributed by atoms with Crippen molar-refractivity contribution in [1.29, 1.82) is 0 Å². The van der Waals surface area contributed by atoms with Gasteiger partial charge in [0, 0.05) is 6.07 Å². The minimum Gasteiger partial charge on any atom is -0.342 e. The molecule has 0 unspecified atom stereocenters. The van der Waals surface area contributed by atoms with Gasteiger partial charge in [-0.1, -0.05) is 12.2 Å². The van der Waals surface area contributed by atoms with Crippen LogP contribution in [0.15, 0.2) is 12.4 Å². The summed E-state index contributed by atoms with van der Waals surface area (Å²) in [5, 5.41) is 0. The van der Waals surface area contributed by atoms with Crippen molar-refractivity contribution in [3.8, 4) is 0 Å². The molecule has 1 rings (SSSR count). The van der Waals surface area contributed by atoms with Crippen LogP contribution >= 0.6 is 12.2 Å². The van der Waals surface area contributed by atoms with E-state index in [4.69, 9.17) is 18.1 Å². The van der Waals surface area contributed by atoms with Crippen molar-refractivity contribution < 1.29 is 4.79 Å². The molecule has 0 bridgehead atoms. The molecule has 1 heterocycles. The maximum absolute atomic E-state index is 10.8. The van der Waals surface area contributed by atoms with Crippen LogP contribution in [-0.4, -0.2) is 15.9 Å². The number of nitrogens with one attached hydrogen (secondary N) is 2. The van der Waals surface area contributed by atoms with Gasteiger partial charge >= 0.3 is 0 Å². The maximum atomic E-state index is 10.8. The second-order valence-corrected chi connectivity index (χ2v) is 2.19. The summed E-state index contributed by atoms with van der Waals surface area (Å²) in [4.78, 5) is 17.1. The van der Waals surface area contributed by atoms with Gasteiger partial charge in [-0.05, 0) is 0 Å². The third kappa shape index (κ3) is 1.82. The molecule has 0 saturated carbocycles. The lowest BCUT2D eigenvalue weighted by molar-refractivity contribution is 0.0948. The minimum atomic E-state index is -0.418. The highest BCUT2D eigenvalue weighted by Gasteiger charge is 2.01. The van der Waals surface area contributed by atoms with Crippen LogP contribution in [0, 0.1) is 4.64 Å². The molecular formula is C5H6N4OS. The lowest BCUT2D eigenvalue weighted by atomic mass is 10.4. The molecule has 0 atom stereocenters. The van der Waals surface area contributed by atoms with Crippen LogP contribution in [-0.2, 0) is 0 Å². The summed E-state index contributed by atoms with van der Waals surface area (Å²) in [6.07, 6.45) is 1.34. The van der Waals surface area contributed by atoms with Gasteiger partial charge in [-0.2, -0.15) is 0 Å². The Morgan fingerprint density at radius 2 is 2.55 bits per heavy atom. The number of hydrogen-bond acceptors (Lipinski definition) is 4. The average Bonchev–Trinajstić information content (AvgIpc) is 2.03. The number of nitrogen functional groups attached to an aromatic ring is 1. The first-order chi connectivity index (χ1) is 5.24. The average molecular weight is 170 g/mol. The van der Waals surface area contributed by atoms with E-state index in [9.17, 15) is 4.79 Å². The number of hydrazine groups is 1. The highest BCUT2D eigenvalue weighted by atomic mass is 32.1. The smallest absolute Gasteiger partial charge is 0.281 e. The summed E-state index contributed by atoms with van der Waals surface area (Å²) in [5.74, 6) is 4.46. The van der Waals surface area contributed by atoms with E-state index in [1.54, 1.807) is 0 Å². The van der Waals surface area contributed by atoms with Crippen LogP contribution in [0.25, 0.3) is 0 Å². The molecule has 4 N–H and O–H groups in total. The molecule has 11 heavy (non-hydrogen) atoms. The Bertz CT molecular complexity index is 320. The van der Waals surface area contributed by atoms with Crippen LogP contribution in [0.1, 0.15) is 10.5 Å². The molecule has 6 heteroatoms. The fourth-order valence-corrected chi connectivity index (χ4v) is 0.747. The molecule has 1 aromatic heterocycles. The second-order valence-electron chi connectivity index (χ2n) is 1.77. The number of carbonyl (C=O) groups excluding carboxylic acids is 1. The van der Waals surface area contributed by atoms with Gasteiger partial charge in [-0.3, -0.25) is 10.2 Å². The van der Waals surface area contributed by atoms with E-state index < -0.39 is 5.91 Å². The molecule has 0 aromatic carbocycles. The summed E-state index contributed by atoms with van der Waals surface area (Å²) in [6.45, 7) is 0. The normalized spacial score (nSPS) is 9.18. The third-order valence-electron chi connectivity index (χ3n) is 1.06. The van der Waals surface area contributed by atoms with Crippen molar-refractivity contribution in [3.63, 3.8) is 0 Å². The fraction of sp³-hybridized carbons (Fsp3) is 0. The Balaban J connectivity index is 3.05. The Morgan fingerprint density at radius 3 is 3.09 bits per heavy atom. The molecule has 0 aliphatic heterocycles. The monoisotopic (exact) mass is 170 g/mol. The van der Waals surface area contributed by atoms with E-state index in [-0.39, 0.29) is 0 Å². The van der Waals surface area contributed by atoms with Crippen molar-refractivity contribution in [2.75, 3.05) is 0 Å². The van der Waals surface area contributed by atoms with Crippen LogP contribution < -0.4 is 11.3 Å². The summed E-state index contributed by atoms with van der Waals surface area (Å²) in [6, 6.07) is 1.43. The first kappa shape index (κ1) is 7.83. The Kier molecular flexibility index (Phi) is 2.29. The largest absolute Gasteiger partial charge is 0.342 e. The first-order valence-electron chi connectivity index (χ1n) is 2.79. The van der Waals surface area contributed by atoms with Gasteiger partial charge in [0.15, 0.2) is 0 Å². The SMILES string of the molecule is NNC(=O)c1cc(=S)nc[nH]1. The van der Waals surface area contributed by atoms with Crippen molar-refractivity contribution in [1.82, 2.24) is 15.4 Å². The predicted octanol–water partition coefficient (Wildman–Crippen LogP) is -0.257. The third-order valence-corrected chi connectivity index (χ3v) is 1.28. The van der Waals surface area contributed by atoms with Gasteiger partial charge in [-0.15, -0.1) is 0 Å². The van der Waals surface area contributed by atoms with E-state index in [1.807, 2.05) is 5.43 Å². The molecule has 0 aliphatic carbocycles. The van der Waals surface area contributed by atoms with E-state index in [2.05, 4.69) is 9.97 Å². The number of aromatic amines is 1. The number of hydrogen-bond donors (Lipinski definition) is 3. The molecule has 0 radical (unpaired) electrons. The Labute approximate surface area is 67.6 Å². The molecular weight excluding hydrogens is 164 g/mol.